The average molecular weight is 235 g/mol. The maximum Gasteiger partial charge on any atom is 0.238 e. The zero-order chi connectivity index (χ0) is 12.5. The van der Waals surface area contributed by atoms with E-state index in [0.29, 0.717) is 24.0 Å². The van der Waals surface area contributed by atoms with E-state index in [0.717, 1.165) is 12.0 Å². The largest absolute Gasteiger partial charge is 0.461 e. The maximum atomic E-state index is 5.76. The Morgan fingerprint density at radius 2 is 2.24 bits per heavy atom. The quantitative estimate of drug-likeness (QED) is 0.879. The third kappa shape index (κ3) is 1.98. The third-order valence-electron chi connectivity index (χ3n) is 3.24. The molecule has 2 N–H and O–H groups in total. The van der Waals surface area contributed by atoms with Crippen LogP contribution in [0.2, 0.25) is 0 Å². The summed E-state index contributed by atoms with van der Waals surface area (Å²) in [6.07, 6.45) is 2.46. The second kappa shape index (κ2) is 4.33. The van der Waals surface area contributed by atoms with Gasteiger partial charge in [0.15, 0.2) is 5.76 Å². The van der Waals surface area contributed by atoms with Crippen LogP contribution < -0.4 is 5.73 Å². The van der Waals surface area contributed by atoms with Gasteiger partial charge in [-0.3, -0.25) is 0 Å². The first-order valence-corrected chi connectivity index (χ1v) is 5.69. The fraction of sp³-hybridized carbons (Fsp3) is 0.500. The molecule has 5 heteroatoms. The Kier molecular flexibility index (Phi) is 3.02. The van der Waals surface area contributed by atoms with E-state index in [-0.39, 0.29) is 5.41 Å². The molecular weight excluding hydrogens is 218 g/mol. The van der Waals surface area contributed by atoms with E-state index in [1.54, 1.807) is 6.26 Å². The van der Waals surface area contributed by atoms with Crippen molar-refractivity contribution in [3.8, 4) is 11.6 Å². The minimum absolute atomic E-state index is 0.272. The van der Waals surface area contributed by atoms with E-state index in [1.807, 2.05) is 19.9 Å². The zero-order valence-corrected chi connectivity index (χ0v) is 10.4. The van der Waals surface area contributed by atoms with E-state index < -0.39 is 0 Å². The maximum absolute atomic E-state index is 5.76. The number of aromatic nitrogens is 2. The third-order valence-corrected chi connectivity index (χ3v) is 3.24. The molecule has 0 amide bonds. The Balaban J connectivity index is 2.37. The van der Waals surface area contributed by atoms with Gasteiger partial charge in [-0.05, 0) is 31.9 Å². The van der Waals surface area contributed by atoms with Crippen molar-refractivity contribution < 1.29 is 8.94 Å². The number of nitrogens with two attached hydrogens (primary N) is 1. The van der Waals surface area contributed by atoms with Gasteiger partial charge in [-0.2, -0.15) is 4.98 Å². The summed E-state index contributed by atoms with van der Waals surface area (Å²) in [4.78, 5) is 4.38. The SMILES string of the molecule is CCC(C)(CN)c1nc(-c2occc2C)no1. The Morgan fingerprint density at radius 3 is 2.76 bits per heavy atom. The summed E-state index contributed by atoms with van der Waals surface area (Å²) in [5, 5.41) is 3.95. The lowest BCUT2D eigenvalue weighted by Gasteiger charge is -2.20. The molecule has 92 valence electrons. The summed E-state index contributed by atoms with van der Waals surface area (Å²) in [5.41, 5.74) is 6.47. The summed E-state index contributed by atoms with van der Waals surface area (Å²) in [6, 6.07) is 1.87. The van der Waals surface area contributed by atoms with Crippen molar-refractivity contribution in [3.05, 3.63) is 23.8 Å². The van der Waals surface area contributed by atoms with Gasteiger partial charge in [0.1, 0.15) is 0 Å². The van der Waals surface area contributed by atoms with Gasteiger partial charge in [0, 0.05) is 6.54 Å². The predicted octanol–water partition coefficient (Wildman–Crippen LogP) is 2.26. The molecule has 0 aliphatic heterocycles. The van der Waals surface area contributed by atoms with Crippen LogP contribution in [0.25, 0.3) is 11.6 Å². The normalized spacial score (nSPS) is 14.8. The van der Waals surface area contributed by atoms with Crippen LogP contribution in [0, 0.1) is 6.92 Å². The van der Waals surface area contributed by atoms with Gasteiger partial charge in [0.05, 0.1) is 11.7 Å². The first-order valence-electron chi connectivity index (χ1n) is 5.69. The van der Waals surface area contributed by atoms with Crippen LogP contribution in [0.1, 0.15) is 31.7 Å². The standard InChI is InChI=1S/C12H17N3O2/c1-4-12(3,7-13)11-14-10(15-17-11)9-8(2)5-6-16-9/h5-6H,4,7,13H2,1-3H3. The molecule has 1 atom stereocenters. The second-order valence-corrected chi connectivity index (χ2v) is 4.47. The fourth-order valence-corrected chi connectivity index (χ4v) is 1.55. The molecule has 1 unspecified atom stereocenters. The van der Waals surface area contributed by atoms with Crippen molar-refractivity contribution >= 4 is 0 Å². The van der Waals surface area contributed by atoms with Crippen molar-refractivity contribution in [2.75, 3.05) is 6.54 Å². The summed E-state index contributed by atoms with van der Waals surface area (Å²) < 4.78 is 10.6. The van der Waals surface area contributed by atoms with E-state index in [1.165, 1.54) is 0 Å². The highest BCUT2D eigenvalue weighted by molar-refractivity contribution is 5.51. The van der Waals surface area contributed by atoms with Crippen LogP contribution in [0.15, 0.2) is 21.3 Å². The number of nitrogens with zero attached hydrogens (tertiary/aromatic N) is 2. The molecule has 0 spiro atoms. The van der Waals surface area contributed by atoms with Gasteiger partial charge in [0.25, 0.3) is 0 Å². The topological polar surface area (TPSA) is 78.1 Å². The van der Waals surface area contributed by atoms with Crippen LogP contribution in [0.5, 0.6) is 0 Å². The lowest BCUT2D eigenvalue weighted by atomic mass is 9.88. The van der Waals surface area contributed by atoms with Gasteiger partial charge in [0.2, 0.25) is 11.7 Å². The molecular formula is C12H17N3O2. The minimum atomic E-state index is -0.272. The molecule has 5 nitrogen and oxygen atoms in total. The molecule has 2 aromatic heterocycles. The molecule has 0 saturated carbocycles. The van der Waals surface area contributed by atoms with E-state index in [4.69, 9.17) is 14.7 Å². The molecule has 0 saturated heterocycles. The lowest BCUT2D eigenvalue weighted by Crippen LogP contribution is -2.31. The summed E-state index contributed by atoms with van der Waals surface area (Å²) >= 11 is 0. The van der Waals surface area contributed by atoms with Crippen molar-refractivity contribution in [3.63, 3.8) is 0 Å². The monoisotopic (exact) mass is 235 g/mol. The first kappa shape index (κ1) is 11.9. The van der Waals surface area contributed by atoms with Crippen LogP contribution in [-0.4, -0.2) is 16.7 Å². The zero-order valence-electron chi connectivity index (χ0n) is 10.4. The molecule has 0 fully saturated rings. The Labute approximate surface area is 100.0 Å². The van der Waals surface area contributed by atoms with Crippen molar-refractivity contribution in [2.24, 2.45) is 5.73 Å². The molecule has 0 bridgehead atoms. The highest BCUT2D eigenvalue weighted by Crippen LogP contribution is 2.28. The average Bonchev–Trinajstić information content (AvgIpc) is 2.96. The van der Waals surface area contributed by atoms with Gasteiger partial charge in [-0.15, -0.1) is 0 Å². The number of aryl methyl sites for hydroxylation is 1. The van der Waals surface area contributed by atoms with Gasteiger partial charge >= 0.3 is 0 Å². The molecule has 0 radical (unpaired) electrons. The smallest absolute Gasteiger partial charge is 0.238 e. The molecule has 17 heavy (non-hydrogen) atoms. The molecule has 0 aromatic carbocycles. The summed E-state index contributed by atoms with van der Waals surface area (Å²) in [7, 11) is 0. The highest BCUT2D eigenvalue weighted by atomic mass is 16.5. The number of rotatable bonds is 4. The Morgan fingerprint density at radius 1 is 1.47 bits per heavy atom. The number of hydrogen-bond donors (Lipinski definition) is 1. The predicted molar refractivity (Wildman–Crippen MR) is 63.4 cm³/mol. The molecule has 0 aliphatic rings. The molecule has 2 rings (SSSR count). The lowest BCUT2D eigenvalue weighted by molar-refractivity contribution is 0.290. The van der Waals surface area contributed by atoms with Crippen LogP contribution in [0.3, 0.4) is 0 Å². The van der Waals surface area contributed by atoms with Crippen molar-refractivity contribution in [1.82, 2.24) is 10.1 Å². The van der Waals surface area contributed by atoms with Crippen LogP contribution in [0.4, 0.5) is 0 Å². The van der Waals surface area contributed by atoms with Gasteiger partial charge in [-0.1, -0.05) is 12.1 Å². The minimum Gasteiger partial charge on any atom is -0.461 e. The van der Waals surface area contributed by atoms with Crippen LogP contribution in [-0.2, 0) is 5.41 Å². The van der Waals surface area contributed by atoms with E-state index in [2.05, 4.69) is 17.1 Å². The van der Waals surface area contributed by atoms with Crippen molar-refractivity contribution in [1.29, 1.82) is 0 Å². The molecule has 2 heterocycles. The second-order valence-electron chi connectivity index (χ2n) is 4.47. The van der Waals surface area contributed by atoms with Gasteiger partial charge < -0.3 is 14.7 Å². The first-order chi connectivity index (χ1) is 8.10. The molecule has 2 aromatic rings. The highest BCUT2D eigenvalue weighted by Gasteiger charge is 2.30. The van der Waals surface area contributed by atoms with E-state index >= 15 is 0 Å². The van der Waals surface area contributed by atoms with Crippen LogP contribution >= 0.6 is 0 Å². The van der Waals surface area contributed by atoms with E-state index in [9.17, 15) is 0 Å². The summed E-state index contributed by atoms with van der Waals surface area (Å²) in [6.45, 7) is 6.48. The molecule has 0 aliphatic carbocycles. The Hall–Kier alpha value is -1.62. The number of furan rings is 1. The number of hydrogen-bond acceptors (Lipinski definition) is 5. The van der Waals surface area contributed by atoms with Crippen molar-refractivity contribution in [2.45, 2.75) is 32.6 Å². The van der Waals surface area contributed by atoms with Gasteiger partial charge in [-0.25, -0.2) is 0 Å². The Bertz CT molecular complexity index is 497. The summed E-state index contributed by atoms with van der Waals surface area (Å²) in [5.74, 6) is 1.69. The fourth-order valence-electron chi connectivity index (χ4n) is 1.55.